The van der Waals surface area contributed by atoms with E-state index in [4.69, 9.17) is 14.6 Å². The van der Waals surface area contributed by atoms with Crippen LogP contribution < -0.4 is 5.32 Å². The molecule has 0 aromatic heterocycles. The molecule has 2 N–H and O–H groups in total. The average molecular weight is 283 g/mol. The van der Waals surface area contributed by atoms with Crippen LogP contribution >= 0.6 is 0 Å². The molecule has 3 rings (SSSR count). The first-order valence-electron chi connectivity index (χ1n) is 7.87. The molecule has 5 nitrogen and oxygen atoms in total. The second-order valence-electron chi connectivity index (χ2n) is 6.58. The van der Waals surface area contributed by atoms with Gasteiger partial charge < -0.3 is 19.9 Å². The van der Waals surface area contributed by atoms with Gasteiger partial charge in [0.1, 0.15) is 0 Å². The minimum Gasteiger partial charge on any atom is -0.481 e. The van der Waals surface area contributed by atoms with Gasteiger partial charge in [0.25, 0.3) is 0 Å². The van der Waals surface area contributed by atoms with Gasteiger partial charge in [-0.25, -0.2) is 0 Å². The Balaban J connectivity index is 1.47. The van der Waals surface area contributed by atoms with Crippen molar-refractivity contribution in [3.63, 3.8) is 0 Å². The van der Waals surface area contributed by atoms with Crippen LogP contribution in [0.25, 0.3) is 0 Å². The molecule has 20 heavy (non-hydrogen) atoms. The lowest BCUT2D eigenvalue weighted by Gasteiger charge is -2.40. The van der Waals surface area contributed by atoms with Gasteiger partial charge >= 0.3 is 5.97 Å². The van der Waals surface area contributed by atoms with Gasteiger partial charge in [0, 0.05) is 31.7 Å². The first kappa shape index (κ1) is 14.3. The largest absolute Gasteiger partial charge is 0.481 e. The Morgan fingerprint density at radius 1 is 1.10 bits per heavy atom. The normalized spacial score (nSPS) is 41.9. The van der Waals surface area contributed by atoms with Crippen LogP contribution in [0.5, 0.6) is 0 Å². The van der Waals surface area contributed by atoms with E-state index in [1.165, 1.54) is 0 Å². The Labute approximate surface area is 120 Å². The molecule has 0 aromatic rings. The lowest BCUT2D eigenvalue weighted by atomic mass is 9.84. The maximum atomic E-state index is 11.0. The van der Waals surface area contributed by atoms with Crippen molar-refractivity contribution in [3.8, 4) is 0 Å². The van der Waals surface area contributed by atoms with Gasteiger partial charge in [0.15, 0.2) is 0 Å². The molecule has 0 amide bonds. The number of hydrogen-bond acceptors (Lipinski definition) is 4. The van der Waals surface area contributed by atoms with E-state index in [1.807, 2.05) is 0 Å². The van der Waals surface area contributed by atoms with Crippen molar-refractivity contribution in [2.24, 2.45) is 5.92 Å². The monoisotopic (exact) mass is 283 g/mol. The highest BCUT2D eigenvalue weighted by atomic mass is 16.6. The standard InChI is InChI=1S/C15H25NO4/c17-14(18)11-1-3-12(4-2-11)16-13-5-7-20-15(9-13)6-8-19-10-15/h11-13,16H,1-10H2,(H,17,18). The summed E-state index contributed by atoms with van der Waals surface area (Å²) in [6, 6.07) is 0.977. The molecule has 0 radical (unpaired) electrons. The number of carboxylic acids is 1. The summed E-state index contributed by atoms with van der Waals surface area (Å²) in [5.41, 5.74) is -0.0474. The van der Waals surface area contributed by atoms with Gasteiger partial charge in [-0.2, -0.15) is 0 Å². The summed E-state index contributed by atoms with van der Waals surface area (Å²) in [7, 11) is 0. The molecule has 1 aliphatic carbocycles. The summed E-state index contributed by atoms with van der Waals surface area (Å²) in [6.45, 7) is 2.36. The zero-order chi connectivity index (χ0) is 14.0. The van der Waals surface area contributed by atoms with E-state index < -0.39 is 5.97 Å². The van der Waals surface area contributed by atoms with E-state index in [1.54, 1.807) is 0 Å². The van der Waals surface area contributed by atoms with Crippen molar-refractivity contribution in [3.05, 3.63) is 0 Å². The second-order valence-corrected chi connectivity index (χ2v) is 6.58. The van der Waals surface area contributed by atoms with Gasteiger partial charge in [0.2, 0.25) is 0 Å². The maximum Gasteiger partial charge on any atom is 0.306 e. The lowest BCUT2D eigenvalue weighted by Crippen LogP contribution is -2.50. The van der Waals surface area contributed by atoms with Crippen molar-refractivity contribution in [2.75, 3.05) is 19.8 Å². The summed E-state index contributed by atoms with van der Waals surface area (Å²) in [5.74, 6) is -0.756. The maximum absolute atomic E-state index is 11.0. The van der Waals surface area contributed by atoms with Gasteiger partial charge in [-0.15, -0.1) is 0 Å². The molecule has 1 saturated carbocycles. The lowest BCUT2D eigenvalue weighted by molar-refractivity contribution is -0.142. The second kappa shape index (κ2) is 6.00. The van der Waals surface area contributed by atoms with Crippen LogP contribution in [0.2, 0.25) is 0 Å². The van der Waals surface area contributed by atoms with Crippen LogP contribution in [0, 0.1) is 5.92 Å². The number of carboxylic acid groups (broad SMARTS) is 1. The molecule has 3 aliphatic rings. The Kier molecular flexibility index (Phi) is 4.29. The van der Waals surface area contributed by atoms with Crippen molar-refractivity contribution in [2.45, 2.75) is 62.6 Å². The number of aliphatic carboxylic acids is 1. The Morgan fingerprint density at radius 3 is 2.55 bits per heavy atom. The predicted molar refractivity (Wildman–Crippen MR) is 73.7 cm³/mol. The van der Waals surface area contributed by atoms with Crippen molar-refractivity contribution in [1.82, 2.24) is 5.32 Å². The molecule has 2 atom stereocenters. The minimum atomic E-state index is -0.628. The summed E-state index contributed by atoms with van der Waals surface area (Å²) in [5, 5.41) is 12.8. The van der Waals surface area contributed by atoms with Gasteiger partial charge in [-0.05, 0) is 38.5 Å². The molecule has 2 aliphatic heterocycles. The summed E-state index contributed by atoms with van der Waals surface area (Å²) < 4.78 is 11.5. The zero-order valence-corrected chi connectivity index (χ0v) is 12.0. The fraction of sp³-hybridized carbons (Fsp3) is 0.933. The van der Waals surface area contributed by atoms with Crippen molar-refractivity contribution in [1.29, 1.82) is 0 Å². The molecule has 114 valence electrons. The third kappa shape index (κ3) is 3.15. The number of hydrogen-bond donors (Lipinski definition) is 2. The third-order valence-corrected chi connectivity index (χ3v) is 5.11. The SMILES string of the molecule is O=C(O)C1CCC(NC2CCOC3(CCOC3)C2)CC1. The summed E-state index contributed by atoms with van der Waals surface area (Å²) in [4.78, 5) is 11.0. The molecule has 5 heteroatoms. The molecule has 1 spiro atoms. The fourth-order valence-electron chi connectivity index (χ4n) is 3.87. The highest BCUT2D eigenvalue weighted by molar-refractivity contribution is 5.70. The van der Waals surface area contributed by atoms with E-state index in [0.717, 1.165) is 64.8 Å². The molecular weight excluding hydrogens is 258 g/mol. The predicted octanol–water partition coefficient (Wildman–Crippen LogP) is 1.56. The molecule has 0 bridgehead atoms. The first-order chi connectivity index (χ1) is 9.67. The van der Waals surface area contributed by atoms with Crippen LogP contribution in [-0.2, 0) is 14.3 Å². The summed E-state index contributed by atoms with van der Waals surface area (Å²) in [6.07, 6.45) is 6.69. The van der Waals surface area contributed by atoms with E-state index in [2.05, 4.69) is 5.32 Å². The molecule has 3 fully saturated rings. The number of carbonyl (C=O) groups is 1. The zero-order valence-electron chi connectivity index (χ0n) is 12.0. The number of rotatable bonds is 3. The van der Waals surface area contributed by atoms with Crippen LogP contribution in [0.15, 0.2) is 0 Å². The molecule has 2 saturated heterocycles. The third-order valence-electron chi connectivity index (χ3n) is 5.11. The van der Waals surface area contributed by atoms with E-state index in [9.17, 15) is 4.79 Å². The van der Waals surface area contributed by atoms with Gasteiger partial charge in [-0.1, -0.05) is 0 Å². The summed E-state index contributed by atoms with van der Waals surface area (Å²) >= 11 is 0. The topological polar surface area (TPSA) is 67.8 Å². The number of ether oxygens (including phenoxy) is 2. The van der Waals surface area contributed by atoms with Crippen molar-refractivity contribution < 1.29 is 19.4 Å². The first-order valence-corrected chi connectivity index (χ1v) is 7.87. The Bertz CT molecular complexity index is 346. The highest BCUT2D eigenvalue weighted by Crippen LogP contribution is 2.34. The van der Waals surface area contributed by atoms with Crippen LogP contribution in [0.4, 0.5) is 0 Å². The van der Waals surface area contributed by atoms with Gasteiger partial charge in [0.05, 0.1) is 18.1 Å². The van der Waals surface area contributed by atoms with Crippen LogP contribution in [-0.4, -0.2) is 48.6 Å². The molecule has 2 heterocycles. The minimum absolute atomic E-state index is 0.0474. The van der Waals surface area contributed by atoms with E-state index in [0.29, 0.717) is 12.1 Å². The van der Waals surface area contributed by atoms with Gasteiger partial charge in [-0.3, -0.25) is 4.79 Å². The molecule has 0 aromatic carbocycles. The fourth-order valence-corrected chi connectivity index (χ4v) is 3.87. The van der Waals surface area contributed by atoms with Crippen LogP contribution in [0.3, 0.4) is 0 Å². The van der Waals surface area contributed by atoms with E-state index in [-0.39, 0.29) is 11.5 Å². The van der Waals surface area contributed by atoms with E-state index >= 15 is 0 Å². The Morgan fingerprint density at radius 2 is 1.90 bits per heavy atom. The average Bonchev–Trinajstić information content (AvgIpc) is 2.87. The highest BCUT2D eigenvalue weighted by Gasteiger charge is 2.41. The molecular formula is C15H25NO4. The van der Waals surface area contributed by atoms with Crippen LogP contribution in [0.1, 0.15) is 44.9 Å². The smallest absolute Gasteiger partial charge is 0.306 e. The number of nitrogens with one attached hydrogen (secondary N) is 1. The molecule has 2 unspecified atom stereocenters. The quantitative estimate of drug-likeness (QED) is 0.822. The Hall–Kier alpha value is -0.650. The van der Waals surface area contributed by atoms with Crippen molar-refractivity contribution >= 4 is 5.97 Å².